The fraction of sp³-hybridized carbons (Fsp3) is 0.308. The highest BCUT2D eigenvalue weighted by Crippen LogP contribution is 2.14. The van der Waals surface area contributed by atoms with Crippen LogP contribution in [0.1, 0.15) is 28.3 Å². The monoisotopic (exact) mass is 215 g/mol. The molecule has 0 aliphatic rings. The zero-order valence-electron chi connectivity index (χ0n) is 9.75. The van der Waals surface area contributed by atoms with Crippen molar-refractivity contribution in [3.63, 3.8) is 0 Å². The second kappa shape index (κ2) is 4.49. The van der Waals surface area contributed by atoms with Gasteiger partial charge in [0, 0.05) is 12.1 Å². The average Bonchev–Trinajstić information content (AvgIpc) is 2.63. The second-order valence-electron chi connectivity index (χ2n) is 4.06. The van der Waals surface area contributed by atoms with Crippen molar-refractivity contribution >= 4 is 0 Å². The molecule has 0 fully saturated rings. The van der Waals surface area contributed by atoms with Gasteiger partial charge in [-0.15, -0.1) is 0 Å². The van der Waals surface area contributed by atoms with E-state index in [1.54, 1.807) is 0 Å². The first-order valence-corrected chi connectivity index (χ1v) is 5.49. The largest absolute Gasteiger partial charge is 0.345 e. The molecule has 1 aromatic heterocycles. The highest BCUT2D eigenvalue weighted by Gasteiger charge is 2.07. The minimum Gasteiger partial charge on any atom is -0.345 e. The van der Waals surface area contributed by atoms with Crippen LogP contribution in [0.15, 0.2) is 24.3 Å². The minimum absolute atomic E-state index is 0.467. The van der Waals surface area contributed by atoms with Gasteiger partial charge in [-0.2, -0.15) is 0 Å². The van der Waals surface area contributed by atoms with Crippen LogP contribution in [-0.2, 0) is 13.0 Å². The van der Waals surface area contributed by atoms with Crippen molar-refractivity contribution in [3.8, 4) is 0 Å². The van der Waals surface area contributed by atoms with Crippen molar-refractivity contribution in [1.29, 1.82) is 0 Å². The highest BCUT2D eigenvalue weighted by atomic mass is 14.9. The van der Waals surface area contributed by atoms with Gasteiger partial charge in [-0.25, -0.2) is 4.98 Å². The van der Waals surface area contributed by atoms with E-state index in [0.29, 0.717) is 6.54 Å². The zero-order chi connectivity index (χ0) is 11.5. The van der Waals surface area contributed by atoms with Gasteiger partial charge in [-0.1, -0.05) is 24.3 Å². The van der Waals surface area contributed by atoms with E-state index < -0.39 is 0 Å². The summed E-state index contributed by atoms with van der Waals surface area (Å²) in [6.07, 6.45) is 0.870. The van der Waals surface area contributed by atoms with E-state index in [4.69, 9.17) is 5.73 Å². The van der Waals surface area contributed by atoms with Crippen LogP contribution >= 0.6 is 0 Å². The lowest BCUT2D eigenvalue weighted by Gasteiger charge is -2.03. The summed E-state index contributed by atoms with van der Waals surface area (Å²) in [5.41, 5.74) is 10.4. The molecule has 16 heavy (non-hydrogen) atoms. The molecule has 0 aliphatic heterocycles. The number of benzene rings is 1. The van der Waals surface area contributed by atoms with Crippen molar-refractivity contribution in [2.75, 3.05) is 0 Å². The molecule has 1 aromatic carbocycles. The number of aromatic nitrogens is 2. The number of nitrogens with zero attached hydrogens (tertiary/aromatic N) is 1. The maximum Gasteiger partial charge on any atom is 0.120 e. The average molecular weight is 215 g/mol. The highest BCUT2D eigenvalue weighted by molar-refractivity contribution is 5.31. The van der Waals surface area contributed by atoms with E-state index in [2.05, 4.69) is 41.2 Å². The Morgan fingerprint density at radius 2 is 2.00 bits per heavy atom. The lowest BCUT2D eigenvalue weighted by atomic mass is 10.0. The first kappa shape index (κ1) is 10.9. The van der Waals surface area contributed by atoms with Gasteiger partial charge in [0.1, 0.15) is 5.82 Å². The summed E-state index contributed by atoms with van der Waals surface area (Å²) >= 11 is 0. The van der Waals surface area contributed by atoms with E-state index in [1.165, 1.54) is 11.1 Å². The number of aromatic amines is 1. The predicted molar refractivity (Wildman–Crippen MR) is 65.2 cm³/mol. The number of hydrogen-bond donors (Lipinski definition) is 2. The van der Waals surface area contributed by atoms with E-state index in [1.807, 2.05) is 6.92 Å². The third-order valence-corrected chi connectivity index (χ3v) is 2.85. The van der Waals surface area contributed by atoms with Crippen LogP contribution in [0.5, 0.6) is 0 Å². The van der Waals surface area contributed by atoms with Gasteiger partial charge in [-0.05, 0) is 25.0 Å². The Balaban J connectivity index is 2.27. The molecule has 3 heteroatoms. The third kappa shape index (κ3) is 2.14. The summed E-state index contributed by atoms with van der Waals surface area (Å²) in [7, 11) is 0. The molecule has 0 amide bonds. The molecule has 0 aliphatic carbocycles. The molecule has 3 nitrogen and oxygen atoms in total. The summed E-state index contributed by atoms with van der Waals surface area (Å²) < 4.78 is 0. The Bertz CT molecular complexity index is 486. The lowest BCUT2D eigenvalue weighted by Crippen LogP contribution is -1.98. The van der Waals surface area contributed by atoms with Gasteiger partial charge in [-0.3, -0.25) is 0 Å². The topological polar surface area (TPSA) is 54.7 Å². The van der Waals surface area contributed by atoms with Gasteiger partial charge in [0.15, 0.2) is 0 Å². The molecule has 0 unspecified atom stereocenters. The number of imidazole rings is 1. The first-order chi connectivity index (χ1) is 7.70. The standard InChI is InChI=1S/C13H17N3/c1-9-5-3-4-6-11(9)7-12-10(2)15-13(8-14)16-12/h3-6H,7-8,14H2,1-2H3,(H,15,16). The molecule has 84 valence electrons. The van der Waals surface area contributed by atoms with Gasteiger partial charge in [0.05, 0.1) is 12.2 Å². The van der Waals surface area contributed by atoms with Crippen LogP contribution in [0.4, 0.5) is 0 Å². The fourth-order valence-corrected chi connectivity index (χ4v) is 1.82. The Hall–Kier alpha value is -1.61. The maximum atomic E-state index is 5.56. The maximum absolute atomic E-state index is 5.56. The molecular formula is C13H17N3. The lowest BCUT2D eigenvalue weighted by molar-refractivity contribution is 0.934. The Labute approximate surface area is 95.7 Å². The van der Waals surface area contributed by atoms with Crippen LogP contribution in [0.25, 0.3) is 0 Å². The van der Waals surface area contributed by atoms with E-state index in [-0.39, 0.29) is 0 Å². The minimum atomic E-state index is 0.467. The summed E-state index contributed by atoms with van der Waals surface area (Å²) in [6.45, 7) is 4.63. The summed E-state index contributed by atoms with van der Waals surface area (Å²) in [5.74, 6) is 0.862. The smallest absolute Gasteiger partial charge is 0.120 e. The molecule has 1 heterocycles. The van der Waals surface area contributed by atoms with E-state index >= 15 is 0 Å². The second-order valence-corrected chi connectivity index (χ2v) is 4.06. The van der Waals surface area contributed by atoms with Crippen molar-refractivity contribution in [2.45, 2.75) is 26.8 Å². The molecule has 0 atom stereocenters. The van der Waals surface area contributed by atoms with Gasteiger partial charge < -0.3 is 10.7 Å². The number of rotatable bonds is 3. The van der Waals surface area contributed by atoms with Crippen LogP contribution in [-0.4, -0.2) is 9.97 Å². The number of aryl methyl sites for hydroxylation is 2. The third-order valence-electron chi connectivity index (χ3n) is 2.85. The summed E-state index contributed by atoms with van der Waals surface area (Å²) in [6, 6.07) is 8.39. The molecular weight excluding hydrogens is 198 g/mol. The Morgan fingerprint density at radius 3 is 2.62 bits per heavy atom. The number of nitrogens with two attached hydrogens (primary N) is 1. The van der Waals surface area contributed by atoms with Gasteiger partial charge in [0.2, 0.25) is 0 Å². The number of hydrogen-bond acceptors (Lipinski definition) is 2. The van der Waals surface area contributed by atoms with Crippen molar-refractivity contribution in [2.24, 2.45) is 5.73 Å². The van der Waals surface area contributed by atoms with Crippen molar-refractivity contribution in [1.82, 2.24) is 9.97 Å². The fourth-order valence-electron chi connectivity index (χ4n) is 1.82. The molecule has 0 saturated heterocycles. The van der Waals surface area contributed by atoms with E-state index in [0.717, 1.165) is 23.6 Å². The SMILES string of the molecule is Cc1ccccc1Cc1nc(CN)[nH]c1C. The van der Waals surface area contributed by atoms with Crippen LogP contribution < -0.4 is 5.73 Å². The molecule has 0 radical (unpaired) electrons. The molecule has 2 rings (SSSR count). The van der Waals surface area contributed by atoms with Crippen molar-refractivity contribution in [3.05, 3.63) is 52.6 Å². The van der Waals surface area contributed by atoms with Gasteiger partial charge >= 0.3 is 0 Å². The molecule has 2 aromatic rings. The predicted octanol–water partition coefficient (Wildman–Crippen LogP) is 2.08. The molecule has 0 saturated carbocycles. The van der Waals surface area contributed by atoms with Crippen LogP contribution in [0, 0.1) is 13.8 Å². The zero-order valence-corrected chi connectivity index (χ0v) is 9.75. The van der Waals surface area contributed by atoms with Gasteiger partial charge in [0.25, 0.3) is 0 Å². The molecule has 0 bridgehead atoms. The first-order valence-electron chi connectivity index (χ1n) is 5.49. The van der Waals surface area contributed by atoms with E-state index in [9.17, 15) is 0 Å². The molecule has 3 N–H and O–H groups in total. The Morgan fingerprint density at radius 1 is 1.25 bits per heavy atom. The summed E-state index contributed by atoms with van der Waals surface area (Å²) in [4.78, 5) is 7.68. The van der Waals surface area contributed by atoms with Crippen LogP contribution in [0.3, 0.4) is 0 Å². The molecule has 0 spiro atoms. The summed E-state index contributed by atoms with van der Waals surface area (Å²) in [5, 5.41) is 0. The normalized spacial score (nSPS) is 10.7. The number of H-pyrrole nitrogens is 1. The quantitative estimate of drug-likeness (QED) is 0.823. The van der Waals surface area contributed by atoms with Crippen molar-refractivity contribution < 1.29 is 0 Å². The Kier molecular flexibility index (Phi) is 3.06. The van der Waals surface area contributed by atoms with Crippen LogP contribution in [0.2, 0.25) is 0 Å². The number of nitrogens with one attached hydrogen (secondary N) is 1.